The molecule has 1 N–H and O–H groups in total. The first-order chi connectivity index (χ1) is 14.0. The third-order valence-electron chi connectivity index (χ3n) is 4.41. The lowest BCUT2D eigenvalue weighted by atomic mass is 10.2. The topological polar surface area (TPSA) is 78.3 Å². The minimum absolute atomic E-state index is 0.145. The predicted octanol–water partition coefficient (Wildman–Crippen LogP) is 4.10. The van der Waals surface area contributed by atoms with E-state index >= 15 is 0 Å². The molecule has 1 aliphatic rings. The molecule has 2 aromatic carbocycles. The van der Waals surface area contributed by atoms with Crippen LogP contribution in [0.4, 0.5) is 5.69 Å². The Balaban J connectivity index is 1.43. The van der Waals surface area contributed by atoms with Crippen molar-refractivity contribution in [3.8, 4) is 11.5 Å². The van der Waals surface area contributed by atoms with Gasteiger partial charge in [0.1, 0.15) is 6.61 Å². The molecule has 150 valence electrons. The van der Waals surface area contributed by atoms with Gasteiger partial charge in [0.2, 0.25) is 5.91 Å². The fraction of sp³-hybridized carbons (Fsp3) is 0.250. The smallest absolute Gasteiger partial charge is 0.237 e. The van der Waals surface area contributed by atoms with Gasteiger partial charge in [0.05, 0.1) is 5.25 Å². The van der Waals surface area contributed by atoms with Crippen LogP contribution in [-0.2, 0) is 11.8 Å². The molecule has 1 aromatic heterocycles. The van der Waals surface area contributed by atoms with Crippen LogP contribution in [0, 0.1) is 0 Å². The zero-order chi connectivity index (χ0) is 20.4. The maximum absolute atomic E-state index is 12.5. The molecule has 2 atom stereocenters. The SMILES string of the molecule is CC(Sc1nnc(C2COc3ccccc3O2)n1C)C(=O)Nc1cccc(Cl)c1. The summed E-state index contributed by atoms with van der Waals surface area (Å²) in [6, 6.07) is 14.5. The van der Waals surface area contributed by atoms with E-state index in [1.165, 1.54) is 11.8 Å². The lowest BCUT2D eigenvalue weighted by Gasteiger charge is -2.25. The summed E-state index contributed by atoms with van der Waals surface area (Å²) < 4.78 is 13.6. The number of amides is 1. The van der Waals surface area contributed by atoms with Gasteiger partial charge in [-0.3, -0.25) is 4.79 Å². The van der Waals surface area contributed by atoms with E-state index in [1.807, 2.05) is 42.8 Å². The quantitative estimate of drug-likeness (QED) is 0.614. The first kappa shape index (κ1) is 19.6. The highest BCUT2D eigenvalue weighted by molar-refractivity contribution is 8.00. The van der Waals surface area contributed by atoms with Gasteiger partial charge in [-0.15, -0.1) is 10.2 Å². The van der Waals surface area contributed by atoms with Crippen LogP contribution in [0.25, 0.3) is 0 Å². The van der Waals surface area contributed by atoms with Gasteiger partial charge in [-0.25, -0.2) is 0 Å². The van der Waals surface area contributed by atoms with Crippen molar-refractivity contribution in [3.63, 3.8) is 0 Å². The number of benzene rings is 2. The zero-order valence-electron chi connectivity index (χ0n) is 15.8. The third kappa shape index (κ3) is 4.33. The lowest BCUT2D eigenvalue weighted by Crippen LogP contribution is -2.25. The molecule has 2 unspecified atom stereocenters. The highest BCUT2D eigenvalue weighted by Gasteiger charge is 2.28. The number of halogens is 1. The van der Waals surface area contributed by atoms with Gasteiger partial charge >= 0.3 is 0 Å². The Kier molecular flexibility index (Phi) is 5.64. The van der Waals surface area contributed by atoms with Crippen LogP contribution in [0.15, 0.2) is 53.7 Å². The van der Waals surface area contributed by atoms with E-state index < -0.39 is 0 Å². The second kappa shape index (κ2) is 8.34. The van der Waals surface area contributed by atoms with Crippen molar-refractivity contribution in [2.75, 3.05) is 11.9 Å². The summed E-state index contributed by atoms with van der Waals surface area (Å²) in [5.74, 6) is 1.89. The van der Waals surface area contributed by atoms with Crippen molar-refractivity contribution >= 4 is 35.0 Å². The number of carbonyl (C=O) groups is 1. The molecular formula is C20H19ClN4O3S. The number of rotatable bonds is 5. The molecule has 3 aromatic rings. The molecule has 29 heavy (non-hydrogen) atoms. The number of hydrogen-bond donors (Lipinski definition) is 1. The second-order valence-electron chi connectivity index (χ2n) is 6.52. The van der Waals surface area contributed by atoms with Gasteiger partial charge in [-0.2, -0.15) is 0 Å². The number of aromatic nitrogens is 3. The van der Waals surface area contributed by atoms with E-state index in [0.29, 0.717) is 39.8 Å². The number of carbonyl (C=O) groups excluding carboxylic acids is 1. The molecule has 0 fully saturated rings. The average Bonchev–Trinajstić information content (AvgIpc) is 3.08. The Morgan fingerprint density at radius 3 is 2.83 bits per heavy atom. The number of nitrogens with one attached hydrogen (secondary N) is 1. The van der Waals surface area contributed by atoms with Crippen molar-refractivity contribution in [2.24, 2.45) is 7.05 Å². The van der Waals surface area contributed by atoms with Crippen molar-refractivity contribution < 1.29 is 14.3 Å². The highest BCUT2D eigenvalue weighted by Crippen LogP contribution is 2.36. The van der Waals surface area contributed by atoms with Gasteiger partial charge in [-0.05, 0) is 37.3 Å². The van der Waals surface area contributed by atoms with Crippen LogP contribution < -0.4 is 14.8 Å². The molecular weight excluding hydrogens is 412 g/mol. The molecule has 9 heteroatoms. The fourth-order valence-corrected chi connectivity index (χ4v) is 3.89. The van der Waals surface area contributed by atoms with Crippen LogP contribution in [0.5, 0.6) is 11.5 Å². The summed E-state index contributed by atoms with van der Waals surface area (Å²) in [7, 11) is 1.85. The molecule has 1 amide bonds. The molecule has 0 bridgehead atoms. The van der Waals surface area contributed by atoms with Crippen molar-refractivity contribution in [1.29, 1.82) is 0 Å². The monoisotopic (exact) mass is 430 g/mol. The summed E-state index contributed by atoms with van der Waals surface area (Å²) >= 11 is 7.29. The summed E-state index contributed by atoms with van der Waals surface area (Å²) in [6.07, 6.45) is -0.368. The first-order valence-corrected chi connectivity index (χ1v) is 10.3. The number of ether oxygens (including phenoxy) is 2. The maximum atomic E-state index is 12.5. The fourth-order valence-electron chi connectivity index (χ4n) is 2.88. The average molecular weight is 431 g/mol. The summed E-state index contributed by atoms with van der Waals surface area (Å²) in [5, 5.41) is 12.2. The zero-order valence-corrected chi connectivity index (χ0v) is 17.4. The van der Waals surface area contributed by atoms with Crippen molar-refractivity contribution in [2.45, 2.75) is 23.4 Å². The van der Waals surface area contributed by atoms with Gasteiger partial charge in [0.15, 0.2) is 28.6 Å². The van der Waals surface area contributed by atoms with E-state index in [0.717, 1.165) is 0 Å². The standard InChI is InChI=1S/C20H19ClN4O3S/c1-12(19(26)22-14-7-5-6-13(21)10-14)29-20-24-23-18(25(20)2)17-11-27-15-8-3-4-9-16(15)28-17/h3-10,12,17H,11H2,1-2H3,(H,22,26). The number of nitrogens with zero attached hydrogens (tertiary/aromatic N) is 3. The lowest BCUT2D eigenvalue weighted by molar-refractivity contribution is -0.115. The third-order valence-corrected chi connectivity index (χ3v) is 5.78. The van der Waals surface area contributed by atoms with Crippen LogP contribution in [0.2, 0.25) is 5.02 Å². The highest BCUT2D eigenvalue weighted by atomic mass is 35.5. The summed E-state index contributed by atoms with van der Waals surface area (Å²) in [5.41, 5.74) is 0.653. The Bertz CT molecular complexity index is 1040. The molecule has 1 aliphatic heterocycles. The number of hydrogen-bond acceptors (Lipinski definition) is 6. The Morgan fingerprint density at radius 2 is 2.03 bits per heavy atom. The van der Waals surface area contributed by atoms with Gasteiger partial charge < -0.3 is 19.4 Å². The van der Waals surface area contributed by atoms with Crippen molar-refractivity contribution in [3.05, 3.63) is 59.4 Å². The van der Waals surface area contributed by atoms with Crippen LogP contribution >= 0.6 is 23.4 Å². The maximum Gasteiger partial charge on any atom is 0.237 e. The Morgan fingerprint density at radius 1 is 1.24 bits per heavy atom. The molecule has 0 radical (unpaired) electrons. The summed E-state index contributed by atoms with van der Waals surface area (Å²) in [6.45, 7) is 2.16. The Hall–Kier alpha value is -2.71. The number of thioether (sulfide) groups is 1. The largest absolute Gasteiger partial charge is 0.485 e. The van der Waals surface area contributed by atoms with Crippen LogP contribution in [0.3, 0.4) is 0 Å². The summed E-state index contributed by atoms with van der Waals surface area (Å²) in [4.78, 5) is 12.5. The van der Waals surface area contributed by atoms with E-state index in [9.17, 15) is 4.79 Å². The second-order valence-corrected chi connectivity index (χ2v) is 8.27. The molecule has 0 aliphatic carbocycles. The number of para-hydroxylation sites is 2. The molecule has 0 saturated heterocycles. The normalized spacial score (nSPS) is 16.3. The van der Waals surface area contributed by atoms with Crippen molar-refractivity contribution in [1.82, 2.24) is 14.8 Å². The number of fused-ring (bicyclic) bond motifs is 1. The minimum atomic E-state index is -0.381. The van der Waals surface area contributed by atoms with E-state index in [2.05, 4.69) is 15.5 Å². The van der Waals surface area contributed by atoms with Gasteiger partial charge in [-0.1, -0.05) is 41.6 Å². The molecule has 0 saturated carbocycles. The first-order valence-electron chi connectivity index (χ1n) is 9.02. The van der Waals surface area contributed by atoms with E-state index in [1.54, 1.807) is 24.3 Å². The van der Waals surface area contributed by atoms with E-state index in [4.69, 9.17) is 21.1 Å². The predicted molar refractivity (Wildman–Crippen MR) is 112 cm³/mol. The van der Waals surface area contributed by atoms with Gasteiger partial charge in [0.25, 0.3) is 0 Å². The Labute approximate surface area is 177 Å². The van der Waals surface area contributed by atoms with Gasteiger partial charge in [0, 0.05) is 17.8 Å². The molecule has 4 rings (SSSR count). The molecule has 7 nitrogen and oxygen atoms in total. The molecule has 0 spiro atoms. The number of anilines is 1. The van der Waals surface area contributed by atoms with Crippen LogP contribution in [-0.4, -0.2) is 32.5 Å². The minimum Gasteiger partial charge on any atom is -0.485 e. The molecule has 2 heterocycles. The van der Waals surface area contributed by atoms with E-state index in [-0.39, 0.29) is 17.3 Å². The van der Waals surface area contributed by atoms with Crippen LogP contribution in [0.1, 0.15) is 18.9 Å².